The van der Waals surface area contributed by atoms with Crippen LogP contribution in [0.5, 0.6) is 0 Å². The molecular formula is C6H10Cl2O. The Morgan fingerprint density at radius 1 is 1.56 bits per heavy atom. The van der Waals surface area contributed by atoms with Crippen molar-refractivity contribution in [2.45, 2.75) is 0 Å². The molecule has 0 saturated heterocycles. The zero-order valence-corrected chi connectivity index (χ0v) is 6.57. The Labute approximate surface area is 65.6 Å². The molecule has 0 radical (unpaired) electrons. The van der Waals surface area contributed by atoms with E-state index in [1.807, 2.05) is 0 Å². The van der Waals surface area contributed by atoms with Gasteiger partial charge < -0.3 is 5.11 Å². The number of hydrogen-bond acceptors (Lipinski definition) is 1. The molecule has 0 aromatic rings. The van der Waals surface area contributed by atoms with Crippen molar-refractivity contribution in [2.75, 3.05) is 12.5 Å². The van der Waals surface area contributed by atoms with Gasteiger partial charge in [0.25, 0.3) is 0 Å². The fourth-order valence-electron chi connectivity index (χ4n) is 0.0337. The van der Waals surface area contributed by atoms with E-state index >= 15 is 0 Å². The van der Waals surface area contributed by atoms with E-state index in [9.17, 15) is 0 Å². The molecule has 1 N–H and O–H groups in total. The Hall–Kier alpha value is 0.0200. The average Bonchev–Trinajstić information content (AvgIpc) is 1.91. The third-order valence-electron chi connectivity index (χ3n) is 0.307. The maximum Gasteiger partial charge on any atom is 0.0609 e. The standard InChI is InChI=1S/C3H4Cl2.C3H6O/c4-2-1-3-5;1-2-3-4/h1-2H,3H2;2,4H,1,3H2. The fourth-order valence-corrected chi connectivity index (χ4v) is 0.303. The van der Waals surface area contributed by atoms with Crippen LogP contribution < -0.4 is 0 Å². The normalized spacial score (nSPS) is 8.33. The van der Waals surface area contributed by atoms with Gasteiger partial charge in [-0.15, -0.1) is 18.2 Å². The van der Waals surface area contributed by atoms with E-state index in [1.54, 1.807) is 6.08 Å². The van der Waals surface area contributed by atoms with Gasteiger partial charge in [0.05, 0.1) is 6.61 Å². The topological polar surface area (TPSA) is 20.2 Å². The first-order valence-electron chi connectivity index (χ1n) is 2.36. The van der Waals surface area contributed by atoms with Gasteiger partial charge in [-0.2, -0.15) is 0 Å². The summed E-state index contributed by atoms with van der Waals surface area (Å²) in [6.07, 6.45) is 3.09. The molecule has 0 amide bonds. The summed E-state index contributed by atoms with van der Waals surface area (Å²) in [5.41, 5.74) is 1.40. The maximum absolute atomic E-state index is 7.76. The van der Waals surface area contributed by atoms with Crippen LogP contribution in [0.1, 0.15) is 0 Å². The number of halogens is 2. The molecule has 0 aromatic heterocycles. The minimum absolute atomic E-state index is 0.0833. The first-order valence-corrected chi connectivity index (χ1v) is 3.33. The summed E-state index contributed by atoms with van der Waals surface area (Å²) in [5, 5.41) is 7.76. The summed E-state index contributed by atoms with van der Waals surface area (Å²) in [6.45, 7) is 3.31. The molecule has 0 saturated carbocycles. The molecule has 0 aliphatic heterocycles. The van der Waals surface area contributed by atoms with Gasteiger partial charge in [-0.05, 0) is 0 Å². The molecule has 0 heterocycles. The van der Waals surface area contributed by atoms with Gasteiger partial charge in [-0.25, -0.2) is 0 Å². The average molecular weight is 169 g/mol. The number of aliphatic hydroxyl groups is 1. The Morgan fingerprint density at radius 3 is 2.00 bits per heavy atom. The Balaban J connectivity index is 0. The summed E-state index contributed by atoms with van der Waals surface area (Å²) in [7, 11) is 0. The minimum atomic E-state index is 0.0833. The zero-order chi connectivity index (χ0) is 7.54. The number of hydrogen-bond donors (Lipinski definition) is 1. The molecular weight excluding hydrogens is 159 g/mol. The highest BCUT2D eigenvalue weighted by Gasteiger charge is 1.56. The molecule has 0 unspecified atom stereocenters. The van der Waals surface area contributed by atoms with Gasteiger partial charge in [0.1, 0.15) is 0 Å². The Kier molecular flexibility index (Phi) is 20.5. The van der Waals surface area contributed by atoms with E-state index in [1.165, 1.54) is 11.6 Å². The highest BCUT2D eigenvalue weighted by molar-refractivity contribution is 6.26. The van der Waals surface area contributed by atoms with Crippen LogP contribution in [0.25, 0.3) is 0 Å². The summed E-state index contributed by atoms with van der Waals surface area (Å²) < 4.78 is 0. The number of aliphatic hydroxyl groups excluding tert-OH is 1. The lowest BCUT2D eigenvalue weighted by molar-refractivity contribution is 0.343. The van der Waals surface area contributed by atoms with Crippen LogP contribution >= 0.6 is 23.2 Å². The van der Waals surface area contributed by atoms with Crippen molar-refractivity contribution in [3.8, 4) is 0 Å². The molecule has 0 bridgehead atoms. The molecule has 0 spiro atoms. The maximum atomic E-state index is 7.76. The van der Waals surface area contributed by atoms with Crippen molar-refractivity contribution in [1.29, 1.82) is 0 Å². The lowest BCUT2D eigenvalue weighted by Gasteiger charge is -1.61. The van der Waals surface area contributed by atoms with Crippen LogP contribution in [-0.2, 0) is 0 Å². The van der Waals surface area contributed by atoms with Crippen LogP contribution in [0.2, 0.25) is 0 Å². The number of allylic oxidation sites excluding steroid dienone is 1. The van der Waals surface area contributed by atoms with Gasteiger partial charge in [-0.3, -0.25) is 0 Å². The summed E-state index contributed by atoms with van der Waals surface area (Å²) in [5.74, 6) is 0.503. The minimum Gasteiger partial charge on any atom is -0.392 e. The van der Waals surface area contributed by atoms with E-state index in [0.717, 1.165) is 0 Å². The van der Waals surface area contributed by atoms with Crippen LogP contribution in [-0.4, -0.2) is 17.6 Å². The molecule has 3 heteroatoms. The van der Waals surface area contributed by atoms with Crippen LogP contribution in [0, 0.1) is 0 Å². The molecule has 0 rings (SSSR count). The van der Waals surface area contributed by atoms with E-state index in [0.29, 0.717) is 5.88 Å². The molecule has 0 aromatic carbocycles. The third-order valence-corrected chi connectivity index (χ3v) is 0.664. The van der Waals surface area contributed by atoms with Crippen molar-refractivity contribution in [3.05, 3.63) is 24.3 Å². The van der Waals surface area contributed by atoms with Crippen LogP contribution in [0.4, 0.5) is 0 Å². The molecule has 0 atom stereocenters. The van der Waals surface area contributed by atoms with E-state index < -0.39 is 0 Å². The van der Waals surface area contributed by atoms with Gasteiger partial charge in [-0.1, -0.05) is 23.8 Å². The highest BCUT2D eigenvalue weighted by Crippen LogP contribution is 1.79. The SMILES string of the molecule is C=CCO.ClC=CCCl. The second-order valence-corrected chi connectivity index (χ2v) is 1.55. The lowest BCUT2D eigenvalue weighted by Crippen LogP contribution is -1.62. The molecule has 9 heavy (non-hydrogen) atoms. The zero-order valence-electron chi connectivity index (χ0n) is 5.06. The summed E-state index contributed by atoms with van der Waals surface area (Å²) in [6, 6.07) is 0. The third kappa shape index (κ3) is 31.9. The Morgan fingerprint density at radius 2 is 2.00 bits per heavy atom. The quantitative estimate of drug-likeness (QED) is 0.496. The first-order chi connectivity index (χ1) is 4.33. The van der Waals surface area contributed by atoms with Crippen molar-refractivity contribution < 1.29 is 5.11 Å². The summed E-state index contributed by atoms with van der Waals surface area (Å²) in [4.78, 5) is 0. The number of rotatable bonds is 2. The molecule has 0 aliphatic carbocycles. The van der Waals surface area contributed by atoms with E-state index in [2.05, 4.69) is 6.58 Å². The highest BCUT2D eigenvalue weighted by atomic mass is 35.5. The Bertz CT molecular complexity index is 71.5. The molecule has 0 fully saturated rings. The monoisotopic (exact) mass is 168 g/mol. The first kappa shape index (κ1) is 11.8. The second-order valence-electron chi connectivity index (χ2n) is 0.987. The lowest BCUT2D eigenvalue weighted by atomic mass is 10.7. The van der Waals surface area contributed by atoms with Crippen molar-refractivity contribution in [1.82, 2.24) is 0 Å². The van der Waals surface area contributed by atoms with Crippen molar-refractivity contribution >= 4 is 23.2 Å². The largest absolute Gasteiger partial charge is 0.392 e. The summed E-state index contributed by atoms with van der Waals surface area (Å²) >= 11 is 10.2. The predicted molar refractivity (Wildman–Crippen MR) is 43.0 cm³/mol. The van der Waals surface area contributed by atoms with E-state index in [4.69, 9.17) is 28.3 Å². The van der Waals surface area contributed by atoms with Gasteiger partial charge in [0.15, 0.2) is 0 Å². The fraction of sp³-hybridized carbons (Fsp3) is 0.333. The van der Waals surface area contributed by atoms with E-state index in [-0.39, 0.29) is 6.61 Å². The van der Waals surface area contributed by atoms with Crippen LogP contribution in [0.3, 0.4) is 0 Å². The van der Waals surface area contributed by atoms with Gasteiger partial charge >= 0.3 is 0 Å². The smallest absolute Gasteiger partial charge is 0.0609 e. The van der Waals surface area contributed by atoms with Crippen molar-refractivity contribution in [3.63, 3.8) is 0 Å². The molecule has 54 valence electrons. The molecule has 0 aliphatic rings. The molecule has 1 nitrogen and oxygen atoms in total. The van der Waals surface area contributed by atoms with Gasteiger partial charge in [0.2, 0.25) is 0 Å². The van der Waals surface area contributed by atoms with Gasteiger partial charge in [0, 0.05) is 11.4 Å². The predicted octanol–water partition coefficient (Wildman–Crippen LogP) is 2.14. The second kappa shape index (κ2) is 15.7. The number of alkyl halides is 1. The van der Waals surface area contributed by atoms with Crippen molar-refractivity contribution in [2.24, 2.45) is 0 Å². The van der Waals surface area contributed by atoms with Crippen LogP contribution in [0.15, 0.2) is 24.3 Å².